The summed E-state index contributed by atoms with van der Waals surface area (Å²) in [4.78, 5) is 4.52. The van der Waals surface area contributed by atoms with E-state index in [0.29, 0.717) is 11.5 Å². The third kappa shape index (κ3) is 1.18. The van der Waals surface area contributed by atoms with Gasteiger partial charge in [0.15, 0.2) is 0 Å². The van der Waals surface area contributed by atoms with Gasteiger partial charge in [-0.2, -0.15) is 0 Å². The van der Waals surface area contributed by atoms with Crippen molar-refractivity contribution in [1.82, 2.24) is 4.98 Å². The molecule has 0 radical (unpaired) electrons. The van der Waals surface area contributed by atoms with E-state index >= 15 is 0 Å². The number of nitrogens with one attached hydrogen (secondary N) is 1. The van der Waals surface area contributed by atoms with E-state index in [-0.39, 0.29) is 0 Å². The molecule has 2 heterocycles. The van der Waals surface area contributed by atoms with Gasteiger partial charge < -0.3 is 5.32 Å². The predicted octanol–water partition coefficient (Wildman–Crippen LogP) is 3.28. The van der Waals surface area contributed by atoms with E-state index in [1.165, 1.54) is 29.8 Å². The zero-order valence-electron chi connectivity index (χ0n) is 9.56. The highest BCUT2D eigenvalue weighted by Crippen LogP contribution is 2.62. The van der Waals surface area contributed by atoms with Gasteiger partial charge in [0.05, 0.1) is 11.7 Å². The summed E-state index contributed by atoms with van der Waals surface area (Å²) in [5, 5.41) is 3.64. The number of nitrogens with zero attached hydrogens (tertiary/aromatic N) is 1. The fourth-order valence-corrected chi connectivity index (χ4v) is 3.09. The van der Waals surface area contributed by atoms with Crippen LogP contribution in [0.15, 0.2) is 48.7 Å². The van der Waals surface area contributed by atoms with E-state index < -0.39 is 0 Å². The molecule has 2 aliphatic rings. The summed E-state index contributed by atoms with van der Waals surface area (Å²) in [6.45, 7) is 0. The van der Waals surface area contributed by atoms with E-state index in [0.717, 1.165) is 0 Å². The molecule has 17 heavy (non-hydrogen) atoms. The Labute approximate surface area is 101 Å². The molecular weight excluding hydrogens is 208 g/mol. The minimum absolute atomic E-state index is 0.324. The summed E-state index contributed by atoms with van der Waals surface area (Å²) in [6, 6.07) is 15.2. The molecule has 0 saturated heterocycles. The van der Waals surface area contributed by atoms with Gasteiger partial charge in [-0.3, -0.25) is 4.98 Å². The van der Waals surface area contributed by atoms with Crippen molar-refractivity contribution in [2.45, 2.75) is 24.3 Å². The number of rotatable bonds is 1. The minimum atomic E-state index is 0.324. The summed E-state index contributed by atoms with van der Waals surface area (Å²) in [7, 11) is 0. The first-order chi connectivity index (χ1) is 8.40. The van der Waals surface area contributed by atoms with Crippen molar-refractivity contribution < 1.29 is 0 Å². The molecule has 1 spiro atoms. The molecule has 1 saturated carbocycles. The number of hydrogen-bond donors (Lipinski definition) is 1. The molecule has 2 aromatic rings. The Balaban J connectivity index is 1.83. The Morgan fingerprint density at radius 2 is 1.88 bits per heavy atom. The predicted molar refractivity (Wildman–Crippen MR) is 68.0 cm³/mol. The second-order valence-electron chi connectivity index (χ2n) is 5.03. The summed E-state index contributed by atoms with van der Waals surface area (Å²) in [5.41, 5.74) is 4.27. The van der Waals surface area contributed by atoms with Gasteiger partial charge >= 0.3 is 0 Å². The molecule has 2 heteroatoms. The average Bonchev–Trinajstić information content (AvgIpc) is 3.11. The molecule has 1 N–H and O–H groups in total. The van der Waals surface area contributed by atoms with Crippen LogP contribution >= 0.6 is 0 Å². The van der Waals surface area contributed by atoms with E-state index in [9.17, 15) is 0 Å². The second kappa shape index (κ2) is 3.10. The highest BCUT2D eigenvalue weighted by Gasteiger charge is 2.56. The van der Waals surface area contributed by atoms with Crippen LogP contribution in [-0.2, 0) is 5.41 Å². The van der Waals surface area contributed by atoms with Gasteiger partial charge in [0.1, 0.15) is 0 Å². The fourth-order valence-electron chi connectivity index (χ4n) is 3.09. The lowest BCUT2D eigenvalue weighted by atomic mass is 9.90. The topological polar surface area (TPSA) is 24.9 Å². The van der Waals surface area contributed by atoms with Crippen LogP contribution < -0.4 is 5.32 Å². The number of fused-ring (bicyclic) bond motifs is 2. The van der Waals surface area contributed by atoms with Gasteiger partial charge in [-0.25, -0.2) is 0 Å². The van der Waals surface area contributed by atoms with Crippen molar-refractivity contribution in [3.63, 3.8) is 0 Å². The first-order valence-corrected chi connectivity index (χ1v) is 6.17. The van der Waals surface area contributed by atoms with Crippen LogP contribution in [0.5, 0.6) is 0 Å². The number of pyridine rings is 1. The monoisotopic (exact) mass is 222 g/mol. The third-order valence-electron chi connectivity index (χ3n) is 4.09. The Kier molecular flexibility index (Phi) is 1.68. The van der Waals surface area contributed by atoms with Crippen molar-refractivity contribution in [3.05, 3.63) is 59.9 Å². The van der Waals surface area contributed by atoms with Crippen molar-refractivity contribution in [2.24, 2.45) is 0 Å². The maximum absolute atomic E-state index is 4.52. The van der Waals surface area contributed by atoms with Crippen molar-refractivity contribution in [1.29, 1.82) is 0 Å². The maximum Gasteiger partial charge on any atom is 0.0782 e. The molecule has 1 fully saturated rings. The summed E-state index contributed by atoms with van der Waals surface area (Å²) < 4.78 is 0. The number of anilines is 1. The molecule has 1 atom stereocenters. The average molecular weight is 222 g/mol. The summed E-state index contributed by atoms with van der Waals surface area (Å²) in [6.07, 6.45) is 4.44. The lowest BCUT2D eigenvalue weighted by Gasteiger charge is -2.18. The summed E-state index contributed by atoms with van der Waals surface area (Å²) >= 11 is 0. The normalized spacial score (nSPS) is 23.2. The zero-order valence-corrected chi connectivity index (χ0v) is 9.56. The molecule has 4 rings (SSSR count). The quantitative estimate of drug-likeness (QED) is 0.801. The van der Waals surface area contributed by atoms with Gasteiger partial charge in [-0.1, -0.05) is 24.3 Å². The van der Waals surface area contributed by atoms with Gasteiger partial charge in [0.25, 0.3) is 0 Å². The first-order valence-electron chi connectivity index (χ1n) is 6.17. The number of para-hydroxylation sites is 1. The van der Waals surface area contributed by atoms with E-state index in [4.69, 9.17) is 0 Å². The number of aromatic nitrogens is 1. The molecule has 1 aliphatic carbocycles. The standard InChI is InChI=1S/C15H14N2/c1-2-6-12-11(5-1)15(8-9-15)14(17-12)13-7-3-4-10-16-13/h1-7,10,14,17H,8-9H2. The van der Waals surface area contributed by atoms with E-state index in [1.807, 2.05) is 12.3 Å². The molecule has 1 aliphatic heterocycles. The Hall–Kier alpha value is -1.83. The van der Waals surface area contributed by atoms with E-state index in [1.54, 1.807) is 0 Å². The highest BCUT2D eigenvalue weighted by atomic mass is 15.0. The second-order valence-corrected chi connectivity index (χ2v) is 5.03. The molecule has 0 bridgehead atoms. The van der Waals surface area contributed by atoms with Crippen LogP contribution in [0.2, 0.25) is 0 Å². The smallest absolute Gasteiger partial charge is 0.0782 e. The summed E-state index contributed by atoms with van der Waals surface area (Å²) in [5.74, 6) is 0. The van der Waals surface area contributed by atoms with Gasteiger partial charge in [-0.05, 0) is 36.6 Å². The highest BCUT2D eigenvalue weighted by molar-refractivity contribution is 5.65. The lowest BCUT2D eigenvalue weighted by Crippen LogP contribution is -2.18. The SMILES string of the molecule is c1ccc(C2Nc3ccccc3C23CC3)nc1. The molecular formula is C15H14N2. The maximum atomic E-state index is 4.52. The largest absolute Gasteiger partial charge is 0.376 e. The van der Waals surface area contributed by atoms with Gasteiger partial charge in [-0.15, -0.1) is 0 Å². The van der Waals surface area contributed by atoms with Crippen LogP contribution in [0.25, 0.3) is 0 Å². The minimum Gasteiger partial charge on any atom is -0.376 e. The van der Waals surface area contributed by atoms with Crippen LogP contribution in [-0.4, -0.2) is 4.98 Å². The van der Waals surface area contributed by atoms with Crippen molar-refractivity contribution >= 4 is 5.69 Å². The molecule has 1 aromatic heterocycles. The van der Waals surface area contributed by atoms with E-state index in [2.05, 4.69) is 46.7 Å². The fraction of sp³-hybridized carbons (Fsp3) is 0.267. The van der Waals surface area contributed by atoms with Crippen molar-refractivity contribution in [3.8, 4) is 0 Å². The van der Waals surface area contributed by atoms with Crippen LogP contribution in [0.4, 0.5) is 5.69 Å². The number of benzene rings is 1. The van der Waals surface area contributed by atoms with Crippen molar-refractivity contribution in [2.75, 3.05) is 5.32 Å². The molecule has 1 aromatic carbocycles. The van der Waals surface area contributed by atoms with Gasteiger partial charge in [0.2, 0.25) is 0 Å². The number of hydrogen-bond acceptors (Lipinski definition) is 2. The Bertz CT molecular complexity index is 558. The lowest BCUT2D eigenvalue weighted by molar-refractivity contribution is 0.599. The van der Waals surface area contributed by atoms with Crippen LogP contribution in [0, 0.1) is 0 Å². The van der Waals surface area contributed by atoms with Crippen LogP contribution in [0.1, 0.15) is 30.1 Å². The van der Waals surface area contributed by atoms with Crippen LogP contribution in [0.3, 0.4) is 0 Å². The Morgan fingerprint density at radius 1 is 1.06 bits per heavy atom. The molecule has 1 unspecified atom stereocenters. The molecule has 84 valence electrons. The molecule has 0 amide bonds. The Morgan fingerprint density at radius 3 is 2.65 bits per heavy atom. The zero-order chi connectivity index (χ0) is 11.3. The molecule has 2 nitrogen and oxygen atoms in total. The third-order valence-corrected chi connectivity index (χ3v) is 4.09. The van der Waals surface area contributed by atoms with Gasteiger partial charge in [0, 0.05) is 17.3 Å². The first kappa shape index (κ1) is 9.23.